The molecular weight excluding hydrogens is 390 g/mol. The predicted octanol–water partition coefficient (Wildman–Crippen LogP) is 3.36. The minimum absolute atomic E-state index is 0.318. The molecular formula is C24H33N5O2. The number of benzene rings is 1. The standard InChI is InChI=1S/C24H33N5O2/c1-25-24(27-16-18-11-13-26-23(15-18)31-20-7-3-4-8-20)28-19-12-14-29(17-19)21-9-5-6-10-22(21)30-2/h5-6,9-11,13,15,19-20H,3-4,7-8,12,14,16-17H2,1-2H3,(H2,25,27,28). The topological polar surface area (TPSA) is 71.0 Å². The van der Waals surface area contributed by atoms with E-state index in [0.29, 0.717) is 18.7 Å². The van der Waals surface area contributed by atoms with Gasteiger partial charge in [-0.1, -0.05) is 12.1 Å². The summed E-state index contributed by atoms with van der Waals surface area (Å²) in [5.74, 6) is 2.44. The Kier molecular flexibility index (Phi) is 7.12. The molecule has 4 rings (SSSR count). The number of hydrogen-bond acceptors (Lipinski definition) is 5. The third-order valence-electron chi connectivity index (χ3n) is 6.03. The average Bonchev–Trinajstić information content (AvgIpc) is 3.49. The minimum Gasteiger partial charge on any atom is -0.495 e. The van der Waals surface area contributed by atoms with Crippen molar-refractivity contribution in [3.63, 3.8) is 0 Å². The van der Waals surface area contributed by atoms with E-state index in [2.05, 4.69) is 37.6 Å². The predicted molar refractivity (Wildman–Crippen MR) is 124 cm³/mol. The molecule has 2 aliphatic rings. The molecule has 31 heavy (non-hydrogen) atoms. The summed E-state index contributed by atoms with van der Waals surface area (Å²) in [7, 11) is 3.53. The largest absolute Gasteiger partial charge is 0.495 e. The van der Waals surface area contributed by atoms with Gasteiger partial charge in [0.05, 0.1) is 12.8 Å². The molecule has 0 amide bonds. The highest BCUT2D eigenvalue weighted by Gasteiger charge is 2.25. The first-order valence-electron chi connectivity index (χ1n) is 11.2. The molecule has 2 N–H and O–H groups in total. The summed E-state index contributed by atoms with van der Waals surface area (Å²) in [5.41, 5.74) is 2.27. The lowest BCUT2D eigenvalue weighted by Crippen LogP contribution is -2.44. The van der Waals surface area contributed by atoms with Crippen LogP contribution in [0.15, 0.2) is 47.6 Å². The Morgan fingerprint density at radius 1 is 1.19 bits per heavy atom. The van der Waals surface area contributed by atoms with Crippen LogP contribution in [0, 0.1) is 0 Å². The molecule has 1 aliphatic heterocycles. The van der Waals surface area contributed by atoms with Crippen LogP contribution in [0.1, 0.15) is 37.7 Å². The van der Waals surface area contributed by atoms with Crippen LogP contribution in [0.25, 0.3) is 0 Å². The number of aromatic nitrogens is 1. The van der Waals surface area contributed by atoms with E-state index in [1.807, 2.05) is 37.5 Å². The van der Waals surface area contributed by atoms with Crippen molar-refractivity contribution in [1.29, 1.82) is 0 Å². The number of pyridine rings is 1. The van der Waals surface area contributed by atoms with E-state index >= 15 is 0 Å². The fourth-order valence-corrected chi connectivity index (χ4v) is 4.36. The maximum absolute atomic E-state index is 6.03. The van der Waals surface area contributed by atoms with E-state index in [4.69, 9.17) is 9.47 Å². The normalized spacial score (nSPS) is 19.5. The monoisotopic (exact) mass is 423 g/mol. The molecule has 1 aliphatic carbocycles. The molecule has 1 aromatic heterocycles. The third kappa shape index (κ3) is 5.60. The Balaban J connectivity index is 1.28. The zero-order valence-corrected chi connectivity index (χ0v) is 18.5. The lowest BCUT2D eigenvalue weighted by Gasteiger charge is -2.22. The van der Waals surface area contributed by atoms with Gasteiger partial charge in [0.15, 0.2) is 5.96 Å². The zero-order valence-electron chi connectivity index (χ0n) is 18.5. The van der Waals surface area contributed by atoms with Crippen LogP contribution in [-0.4, -0.2) is 50.3 Å². The van der Waals surface area contributed by atoms with Crippen molar-refractivity contribution < 1.29 is 9.47 Å². The van der Waals surface area contributed by atoms with E-state index in [1.54, 1.807) is 7.11 Å². The average molecular weight is 424 g/mol. The number of ether oxygens (including phenoxy) is 2. The smallest absolute Gasteiger partial charge is 0.213 e. The Morgan fingerprint density at radius 3 is 2.84 bits per heavy atom. The van der Waals surface area contributed by atoms with Crippen molar-refractivity contribution in [3.8, 4) is 11.6 Å². The van der Waals surface area contributed by atoms with Crippen LogP contribution < -0.4 is 25.0 Å². The Bertz CT molecular complexity index is 882. The number of anilines is 1. The summed E-state index contributed by atoms with van der Waals surface area (Å²) in [5, 5.41) is 6.98. The second-order valence-corrected chi connectivity index (χ2v) is 8.20. The van der Waals surface area contributed by atoms with Crippen molar-refractivity contribution in [2.24, 2.45) is 4.99 Å². The number of guanidine groups is 1. The van der Waals surface area contributed by atoms with Crippen LogP contribution in [0.5, 0.6) is 11.6 Å². The summed E-state index contributed by atoms with van der Waals surface area (Å²) in [6, 6.07) is 12.5. The van der Waals surface area contributed by atoms with E-state index in [0.717, 1.165) is 61.2 Å². The quantitative estimate of drug-likeness (QED) is 0.526. The van der Waals surface area contributed by atoms with Crippen molar-refractivity contribution in [3.05, 3.63) is 48.2 Å². The molecule has 2 fully saturated rings. The molecule has 2 heterocycles. The lowest BCUT2D eigenvalue weighted by molar-refractivity contribution is 0.201. The molecule has 0 spiro atoms. The lowest BCUT2D eigenvalue weighted by atomic mass is 10.2. The number of aliphatic imine (C=N–C) groups is 1. The van der Waals surface area contributed by atoms with Gasteiger partial charge >= 0.3 is 0 Å². The molecule has 0 radical (unpaired) electrons. The van der Waals surface area contributed by atoms with Crippen molar-refractivity contribution in [2.75, 3.05) is 32.1 Å². The number of nitrogens with one attached hydrogen (secondary N) is 2. The Hall–Kier alpha value is -2.96. The number of rotatable bonds is 7. The van der Waals surface area contributed by atoms with Gasteiger partial charge < -0.3 is 25.0 Å². The maximum atomic E-state index is 6.03. The molecule has 1 unspecified atom stereocenters. The molecule has 1 atom stereocenters. The molecule has 166 valence electrons. The molecule has 2 aromatic rings. The summed E-state index contributed by atoms with van der Waals surface area (Å²) in [4.78, 5) is 11.1. The summed E-state index contributed by atoms with van der Waals surface area (Å²) in [6.45, 7) is 2.57. The third-order valence-corrected chi connectivity index (χ3v) is 6.03. The first kappa shape index (κ1) is 21.3. The van der Waals surface area contributed by atoms with Crippen molar-refractivity contribution in [1.82, 2.24) is 15.6 Å². The minimum atomic E-state index is 0.318. The zero-order chi connectivity index (χ0) is 21.5. The van der Waals surface area contributed by atoms with Crippen molar-refractivity contribution in [2.45, 2.75) is 50.8 Å². The Labute approximate surface area is 184 Å². The molecule has 1 saturated heterocycles. The number of hydrogen-bond donors (Lipinski definition) is 2. The molecule has 1 aromatic carbocycles. The van der Waals surface area contributed by atoms with E-state index in [-0.39, 0.29) is 0 Å². The van der Waals surface area contributed by atoms with E-state index in [9.17, 15) is 0 Å². The van der Waals surface area contributed by atoms with Gasteiger partial charge in [0, 0.05) is 45.0 Å². The number of methoxy groups -OCH3 is 1. The van der Waals surface area contributed by atoms with Gasteiger partial charge in [-0.05, 0) is 55.9 Å². The highest BCUT2D eigenvalue weighted by Crippen LogP contribution is 2.30. The molecule has 7 nitrogen and oxygen atoms in total. The molecule has 1 saturated carbocycles. The van der Waals surface area contributed by atoms with Crippen LogP contribution in [0.2, 0.25) is 0 Å². The summed E-state index contributed by atoms with van der Waals surface area (Å²) < 4.78 is 11.5. The fourth-order valence-electron chi connectivity index (χ4n) is 4.36. The highest BCUT2D eigenvalue weighted by atomic mass is 16.5. The van der Waals surface area contributed by atoms with E-state index < -0.39 is 0 Å². The second-order valence-electron chi connectivity index (χ2n) is 8.20. The SMILES string of the molecule is CN=C(NCc1ccnc(OC2CCCC2)c1)NC1CCN(c2ccccc2OC)C1. The van der Waals surface area contributed by atoms with Gasteiger partial charge in [-0.2, -0.15) is 0 Å². The van der Waals surface area contributed by atoms with Crippen LogP contribution >= 0.6 is 0 Å². The van der Waals surface area contributed by atoms with Gasteiger partial charge in [-0.25, -0.2) is 4.98 Å². The molecule has 0 bridgehead atoms. The van der Waals surface area contributed by atoms with Crippen LogP contribution in [-0.2, 0) is 6.54 Å². The van der Waals surface area contributed by atoms with E-state index in [1.165, 1.54) is 12.8 Å². The second kappa shape index (κ2) is 10.4. The van der Waals surface area contributed by atoms with Gasteiger partial charge in [0.2, 0.25) is 5.88 Å². The van der Waals surface area contributed by atoms with Crippen molar-refractivity contribution >= 4 is 11.6 Å². The molecule has 7 heteroatoms. The number of nitrogens with zero attached hydrogens (tertiary/aromatic N) is 3. The van der Waals surface area contributed by atoms with Gasteiger partial charge in [0.25, 0.3) is 0 Å². The number of para-hydroxylation sites is 2. The van der Waals surface area contributed by atoms with Gasteiger partial charge in [0.1, 0.15) is 11.9 Å². The first-order valence-corrected chi connectivity index (χ1v) is 11.2. The fraction of sp³-hybridized carbons (Fsp3) is 0.500. The van der Waals surface area contributed by atoms with Crippen LogP contribution in [0.4, 0.5) is 5.69 Å². The van der Waals surface area contributed by atoms with Gasteiger partial charge in [-0.3, -0.25) is 4.99 Å². The Morgan fingerprint density at radius 2 is 2.03 bits per heavy atom. The van der Waals surface area contributed by atoms with Gasteiger partial charge in [-0.15, -0.1) is 0 Å². The first-order chi connectivity index (χ1) is 15.2. The maximum Gasteiger partial charge on any atom is 0.213 e. The summed E-state index contributed by atoms with van der Waals surface area (Å²) >= 11 is 0. The van der Waals surface area contributed by atoms with Crippen LogP contribution in [0.3, 0.4) is 0 Å². The summed E-state index contributed by atoms with van der Waals surface area (Å²) in [6.07, 6.45) is 7.96. The highest BCUT2D eigenvalue weighted by molar-refractivity contribution is 5.80.